The third-order valence-electron chi connectivity index (χ3n) is 4.63. The molecule has 27 heavy (non-hydrogen) atoms. The fourth-order valence-electron chi connectivity index (χ4n) is 3.31. The molecule has 3 rings (SSSR count). The molecule has 2 aromatic rings. The highest BCUT2D eigenvalue weighted by Gasteiger charge is 2.46. The standard InChI is InChI=1S/C21H23N3O3/c1-23(2)13-8-14-24-18(16-11-6-7-12-22-16)17(20(26)21(24)27)19(25)15-9-4-3-5-10-15/h3-7,9-12,18,25H,8,13-14H2,1-2H3/p+1. The van der Waals surface area contributed by atoms with Crippen molar-refractivity contribution >= 4 is 17.4 Å². The monoisotopic (exact) mass is 366 g/mol. The second-order valence-electron chi connectivity index (χ2n) is 6.92. The summed E-state index contributed by atoms with van der Waals surface area (Å²) >= 11 is 0. The van der Waals surface area contributed by atoms with Crippen LogP contribution in [0, 0.1) is 0 Å². The molecule has 1 fully saturated rings. The Hall–Kier alpha value is -2.99. The highest BCUT2D eigenvalue weighted by molar-refractivity contribution is 6.46. The summed E-state index contributed by atoms with van der Waals surface area (Å²) < 4.78 is 0. The molecular weight excluding hydrogens is 342 g/mol. The Labute approximate surface area is 158 Å². The van der Waals surface area contributed by atoms with E-state index in [0.717, 1.165) is 13.0 Å². The molecule has 1 unspecified atom stereocenters. The van der Waals surface area contributed by atoms with E-state index < -0.39 is 17.7 Å². The van der Waals surface area contributed by atoms with Crippen LogP contribution in [0.1, 0.15) is 23.7 Å². The number of nitrogens with one attached hydrogen (secondary N) is 1. The first-order chi connectivity index (χ1) is 13.0. The number of Topliss-reactive ketones (excluding diaryl/α,β-unsaturated/α-hetero) is 1. The number of aliphatic hydroxyl groups is 1. The zero-order valence-electron chi connectivity index (χ0n) is 15.6. The number of aliphatic hydroxyl groups excluding tert-OH is 1. The molecule has 1 aromatic heterocycles. The van der Waals surface area contributed by atoms with Crippen molar-refractivity contribution in [2.24, 2.45) is 0 Å². The third-order valence-corrected chi connectivity index (χ3v) is 4.63. The number of pyridine rings is 1. The zero-order chi connectivity index (χ0) is 19.4. The van der Waals surface area contributed by atoms with Crippen LogP contribution in [-0.2, 0) is 9.59 Å². The average Bonchev–Trinajstić information content (AvgIpc) is 2.93. The van der Waals surface area contributed by atoms with Crippen LogP contribution in [0.3, 0.4) is 0 Å². The fourth-order valence-corrected chi connectivity index (χ4v) is 3.31. The molecule has 1 atom stereocenters. The van der Waals surface area contributed by atoms with Gasteiger partial charge in [0, 0.05) is 24.7 Å². The summed E-state index contributed by atoms with van der Waals surface area (Å²) in [6, 6.07) is 13.5. The van der Waals surface area contributed by atoms with Crippen LogP contribution >= 0.6 is 0 Å². The normalized spacial score (nSPS) is 19.1. The molecule has 2 N–H and O–H groups in total. The number of hydrogen-bond acceptors (Lipinski definition) is 4. The van der Waals surface area contributed by atoms with Gasteiger partial charge in [0.2, 0.25) is 0 Å². The fraction of sp³-hybridized carbons (Fsp3) is 0.286. The number of carbonyl (C=O) groups excluding carboxylic acids is 2. The van der Waals surface area contributed by atoms with Gasteiger partial charge in [-0.3, -0.25) is 14.6 Å². The van der Waals surface area contributed by atoms with E-state index in [9.17, 15) is 14.7 Å². The van der Waals surface area contributed by atoms with Crippen molar-refractivity contribution in [1.29, 1.82) is 0 Å². The average molecular weight is 366 g/mol. The summed E-state index contributed by atoms with van der Waals surface area (Å²) in [5.41, 5.74) is 1.18. The van der Waals surface area contributed by atoms with Gasteiger partial charge in [-0.15, -0.1) is 0 Å². The molecule has 140 valence electrons. The van der Waals surface area contributed by atoms with E-state index in [1.807, 2.05) is 26.2 Å². The summed E-state index contributed by atoms with van der Waals surface area (Å²) in [5, 5.41) is 10.8. The maximum absolute atomic E-state index is 12.8. The predicted octanol–water partition coefficient (Wildman–Crippen LogP) is 1.04. The molecular formula is C21H24N3O3+. The van der Waals surface area contributed by atoms with Crippen LogP contribution in [0.5, 0.6) is 0 Å². The number of quaternary nitrogens is 1. The lowest BCUT2D eigenvalue weighted by molar-refractivity contribution is -0.858. The number of likely N-dealkylation sites (tertiary alicyclic amines) is 1. The Bertz CT molecular complexity index is 847. The molecule has 1 aromatic carbocycles. The lowest BCUT2D eigenvalue weighted by Gasteiger charge is -2.24. The first-order valence-corrected chi connectivity index (χ1v) is 9.04. The second kappa shape index (κ2) is 8.14. The molecule has 6 heteroatoms. The van der Waals surface area contributed by atoms with Crippen LogP contribution < -0.4 is 4.90 Å². The predicted molar refractivity (Wildman–Crippen MR) is 102 cm³/mol. The van der Waals surface area contributed by atoms with Gasteiger partial charge < -0.3 is 14.9 Å². The van der Waals surface area contributed by atoms with Gasteiger partial charge in [-0.1, -0.05) is 36.4 Å². The number of benzene rings is 1. The highest BCUT2D eigenvalue weighted by atomic mass is 16.3. The molecule has 1 saturated heterocycles. The van der Waals surface area contributed by atoms with Crippen molar-refractivity contribution in [3.8, 4) is 0 Å². The number of carbonyl (C=O) groups is 2. The van der Waals surface area contributed by atoms with E-state index in [1.165, 1.54) is 9.80 Å². The van der Waals surface area contributed by atoms with Gasteiger partial charge in [0.05, 0.1) is 31.9 Å². The Balaban J connectivity index is 2.05. The summed E-state index contributed by atoms with van der Waals surface area (Å²) in [6.07, 6.45) is 2.38. The van der Waals surface area contributed by atoms with Gasteiger partial charge in [-0.25, -0.2) is 0 Å². The summed E-state index contributed by atoms with van der Waals surface area (Å²) in [7, 11) is 4.08. The first-order valence-electron chi connectivity index (χ1n) is 9.04. The maximum atomic E-state index is 12.8. The van der Waals surface area contributed by atoms with Gasteiger partial charge in [0.1, 0.15) is 11.8 Å². The van der Waals surface area contributed by atoms with Crippen LogP contribution in [0.15, 0.2) is 60.3 Å². The van der Waals surface area contributed by atoms with E-state index in [0.29, 0.717) is 17.8 Å². The van der Waals surface area contributed by atoms with Crippen molar-refractivity contribution in [3.63, 3.8) is 0 Å². The van der Waals surface area contributed by atoms with E-state index in [1.54, 1.807) is 42.6 Å². The molecule has 0 spiro atoms. The molecule has 0 saturated carbocycles. The Morgan fingerprint density at radius 3 is 2.44 bits per heavy atom. The number of nitrogens with zero attached hydrogens (tertiary/aromatic N) is 2. The zero-order valence-corrected chi connectivity index (χ0v) is 15.6. The number of ketones is 1. The van der Waals surface area contributed by atoms with Gasteiger partial charge in [-0.05, 0) is 12.1 Å². The minimum absolute atomic E-state index is 0.0992. The maximum Gasteiger partial charge on any atom is 0.295 e. The molecule has 6 nitrogen and oxygen atoms in total. The van der Waals surface area contributed by atoms with Crippen molar-refractivity contribution in [1.82, 2.24) is 9.88 Å². The Morgan fingerprint density at radius 2 is 1.81 bits per heavy atom. The Kier molecular flexibility index (Phi) is 5.66. The van der Waals surface area contributed by atoms with Gasteiger partial charge in [0.25, 0.3) is 11.7 Å². The van der Waals surface area contributed by atoms with E-state index in [4.69, 9.17) is 0 Å². The van der Waals surface area contributed by atoms with Crippen molar-refractivity contribution < 1.29 is 19.6 Å². The van der Waals surface area contributed by atoms with Crippen molar-refractivity contribution in [2.75, 3.05) is 27.2 Å². The van der Waals surface area contributed by atoms with Gasteiger partial charge >= 0.3 is 0 Å². The lowest BCUT2D eigenvalue weighted by Crippen LogP contribution is -3.05. The minimum atomic E-state index is -0.677. The smallest absolute Gasteiger partial charge is 0.295 e. The summed E-state index contributed by atoms with van der Waals surface area (Å²) in [4.78, 5) is 32.6. The van der Waals surface area contributed by atoms with Crippen LogP contribution in [-0.4, -0.2) is 53.9 Å². The first kappa shape index (κ1) is 18.8. The minimum Gasteiger partial charge on any atom is -0.507 e. The van der Waals surface area contributed by atoms with Crippen LogP contribution in [0.4, 0.5) is 0 Å². The molecule has 0 bridgehead atoms. The van der Waals surface area contributed by atoms with Crippen molar-refractivity contribution in [2.45, 2.75) is 12.5 Å². The third kappa shape index (κ3) is 3.90. The van der Waals surface area contributed by atoms with E-state index in [-0.39, 0.29) is 11.3 Å². The lowest BCUT2D eigenvalue weighted by atomic mass is 9.98. The molecule has 1 aliphatic rings. The number of amides is 1. The van der Waals surface area contributed by atoms with E-state index >= 15 is 0 Å². The molecule has 0 aliphatic carbocycles. The second-order valence-corrected chi connectivity index (χ2v) is 6.92. The highest BCUT2D eigenvalue weighted by Crippen LogP contribution is 2.38. The van der Waals surface area contributed by atoms with E-state index in [2.05, 4.69) is 4.98 Å². The van der Waals surface area contributed by atoms with Gasteiger partial charge in [-0.2, -0.15) is 0 Å². The number of hydrogen-bond donors (Lipinski definition) is 2. The quantitative estimate of drug-likeness (QED) is 0.455. The molecule has 1 amide bonds. The number of rotatable bonds is 6. The Morgan fingerprint density at radius 1 is 1.11 bits per heavy atom. The molecule has 2 heterocycles. The molecule has 0 radical (unpaired) electrons. The summed E-state index contributed by atoms with van der Waals surface area (Å²) in [5.74, 6) is -1.41. The van der Waals surface area contributed by atoms with Gasteiger partial charge in [0.15, 0.2) is 0 Å². The van der Waals surface area contributed by atoms with Crippen LogP contribution in [0.25, 0.3) is 5.76 Å². The van der Waals surface area contributed by atoms with Crippen LogP contribution in [0.2, 0.25) is 0 Å². The molecule has 1 aliphatic heterocycles. The van der Waals surface area contributed by atoms with Crippen molar-refractivity contribution in [3.05, 3.63) is 71.6 Å². The topological polar surface area (TPSA) is 74.9 Å². The SMILES string of the molecule is C[NH+](C)CCCN1C(=O)C(=O)C(=C(O)c2ccccc2)C1c1ccccn1. The summed E-state index contributed by atoms with van der Waals surface area (Å²) in [6.45, 7) is 1.30. The largest absolute Gasteiger partial charge is 0.507 e. The number of aromatic nitrogens is 1.